The van der Waals surface area contributed by atoms with E-state index in [9.17, 15) is 0 Å². The lowest BCUT2D eigenvalue weighted by Crippen LogP contribution is -2.17. The summed E-state index contributed by atoms with van der Waals surface area (Å²) in [5, 5.41) is 2.55. The van der Waals surface area contributed by atoms with Gasteiger partial charge in [-0.25, -0.2) is 0 Å². The zero-order chi connectivity index (χ0) is 35.9. The smallest absolute Gasteiger partial charge is 0.0540 e. The van der Waals surface area contributed by atoms with Gasteiger partial charge in [0.25, 0.3) is 0 Å². The van der Waals surface area contributed by atoms with Crippen LogP contribution in [0.2, 0.25) is 0 Å². The molecular formula is C52H41N. The van der Waals surface area contributed by atoms with Crippen molar-refractivity contribution in [2.24, 2.45) is 0 Å². The van der Waals surface area contributed by atoms with Gasteiger partial charge < -0.3 is 4.90 Å². The number of rotatable bonds is 5. The van der Waals surface area contributed by atoms with Gasteiger partial charge in [-0.2, -0.15) is 0 Å². The first-order chi connectivity index (χ1) is 25.8. The molecule has 1 heteroatoms. The van der Waals surface area contributed by atoms with Crippen LogP contribution >= 0.6 is 0 Å². The summed E-state index contributed by atoms with van der Waals surface area (Å²) in [4.78, 5) is 2.49. The molecule has 2 aliphatic carbocycles. The summed E-state index contributed by atoms with van der Waals surface area (Å²) >= 11 is 0. The Labute approximate surface area is 312 Å². The Kier molecular flexibility index (Phi) is 6.94. The fourth-order valence-corrected chi connectivity index (χ4v) is 9.31. The molecule has 0 aromatic heterocycles. The molecule has 0 aliphatic heterocycles. The Hall–Kier alpha value is -6.18. The van der Waals surface area contributed by atoms with E-state index < -0.39 is 0 Å². The van der Waals surface area contributed by atoms with Crippen molar-refractivity contribution in [3.05, 3.63) is 198 Å². The summed E-state index contributed by atoms with van der Waals surface area (Å²) in [6.07, 6.45) is 0. The van der Waals surface area contributed by atoms with E-state index in [1.807, 2.05) is 0 Å². The molecule has 2 aliphatic rings. The summed E-state index contributed by atoms with van der Waals surface area (Å²) in [5.74, 6) is 0. The monoisotopic (exact) mass is 679 g/mol. The van der Waals surface area contributed by atoms with Crippen LogP contribution in [0.3, 0.4) is 0 Å². The predicted molar refractivity (Wildman–Crippen MR) is 225 cm³/mol. The fourth-order valence-electron chi connectivity index (χ4n) is 9.31. The number of anilines is 3. The largest absolute Gasteiger partial charge is 0.310 e. The molecule has 0 fully saturated rings. The quantitative estimate of drug-likeness (QED) is 0.175. The summed E-state index contributed by atoms with van der Waals surface area (Å²) in [6.45, 7) is 9.45. The van der Waals surface area contributed by atoms with Crippen LogP contribution in [0.1, 0.15) is 49.9 Å². The van der Waals surface area contributed by atoms with Crippen LogP contribution in [0.5, 0.6) is 0 Å². The molecule has 0 atom stereocenters. The van der Waals surface area contributed by atoms with E-state index in [0.717, 1.165) is 17.1 Å². The molecule has 8 aromatic carbocycles. The van der Waals surface area contributed by atoms with Crippen LogP contribution in [0.25, 0.3) is 55.3 Å². The van der Waals surface area contributed by atoms with Gasteiger partial charge in [0.2, 0.25) is 0 Å². The van der Waals surface area contributed by atoms with Gasteiger partial charge in [0.15, 0.2) is 0 Å². The van der Waals surface area contributed by atoms with Gasteiger partial charge in [0, 0.05) is 27.8 Å². The zero-order valence-electron chi connectivity index (χ0n) is 30.7. The molecule has 53 heavy (non-hydrogen) atoms. The average Bonchev–Trinajstić information content (AvgIpc) is 3.58. The third-order valence-electron chi connectivity index (χ3n) is 12.1. The number of nitrogens with zero attached hydrogens (tertiary/aromatic N) is 1. The van der Waals surface area contributed by atoms with Crippen molar-refractivity contribution in [2.45, 2.75) is 38.5 Å². The van der Waals surface area contributed by atoms with Crippen molar-refractivity contribution < 1.29 is 0 Å². The molecule has 0 bridgehead atoms. The summed E-state index contributed by atoms with van der Waals surface area (Å²) < 4.78 is 0. The van der Waals surface area contributed by atoms with Gasteiger partial charge in [-0.15, -0.1) is 0 Å². The molecule has 0 saturated carbocycles. The predicted octanol–water partition coefficient (Wildman–Crippen LogP) is 14.3. The molecule has 0 spiro atoms. The molecule has 254 valence electrons. The lowest BCUT2D eigenvalue weighted by Gasteiger charge is -2.30. The highest BCUT2D eigenvalue weighted by molar-refractivity contribution is 6.04. The second kappa shape index (κ2) is 11.7. The van der Waals surface area contributed by atoms with E-state index in [1.54, 1.807) is 0 Å². The van der Waals surface area contributed by atoms with Gasteiger partial charge in [-0.1, -0.05) is 167 Å². The van der Waals surface area contributed by atoms with Crippen LogP contribution in [-0.2, 0) is 10.8 Å². The lowest BCUT2D eigenvalue weighted by molar-refractivity contribution is 0.660. The zero-order valence-corrected chi connectivity index (χ0v) is 30.7. The molecule has 0 amide bonds. The van der Waals surface area contributed by atoms with E-state index in [0.29, 0.717) is 0 Å². The van der Waals surface area contributed by atoms with Crippen molar-refractivity contribution in [1.29, 1.82) is 0 Å². The van der Waals surface area contributed by atoms with Crippen LogP contribution in [0.4, 0.5) is 17.1 Å². The second-order valence-corrected chi connectivity index (χ2v) is 15.8. The minimum atomic E-state index is -0.114. The highest BCUT2D eigenvalue weighted by atomic mass is 15.1. The van der Waals surface area contributed by atoms with Gasteiger partial charge >= 0.3 is 0 Å². The normalized spacial score (nSPS) is 14.3. The van der Waals surface area contributed by atoms with Gasteiger partial charge in [-0.3, -0.25) is 0 Å². The van der Waals surface area contributed by atoms with Crippen molar-refractivity contribution in [3.8, 4) is 44.5 Å². The van der Waals surface area contributed by atoms with Crippen LogP contribution in [0, 0.1) is 0 Å². The maximum Gasteiger partial charge on any atom is 0.0540 e. The standard InChI is InChI=1S/C52H41N/c1-51(2)46-22-14-12-20-43(46)50-40-27-25-38(31-37(40)23-29-47(50)51)53(39-26-28-42-41-19-11-13-21-45(41)52(3,4)48(42)33-39)49-30-24-36(34-15-7-5-8-16-34)32-44(49)35-17-9-6-10-18-35/h5-33H,1-4H3. The van der Waals surface area contributed by atoms with Crippen LogP contribution in [-0.4, -0.2) is 0 Å². The molecule has 1 nitrogen and oxygen atoms in total. The van der Waals surface area contributed by atoms with Crippen LogP contribution in [0.15, 0.2) is 176 Å². The number of hydrogen-bond acceptors (Lipinski definition) is 1. The first-order valence-electron chi connectivity index (χ1n) is 18.8. The van der Waals surface area contributed by atoms with Gasteiger partial charge in [0.05, 0.1) is 5.69 Å². The molecule has 10 rings (SSSR count). The molecule has 8 aromatic rings. The third-order valence-corrected chi connectivity index (χ3v) is 12.1. The van der Waals surface area contributed by atoms with Crippen molar-refractivity contribution in [1.82, 2.24) is 0 Å². The number of fused-ring (bicyclic) bond motifs is 8. The van der Waals surface area contributed by atoms with Crippen molar-refractivity contribution in [3.63, 3.8) is 0 Å². The molecule has 0 heterocycles. The van der Waals surface area contributed by atoms with E-state index >= 15 is 0 Å². The van der Waals surface area contributed by atoms with Gasteiger partial charge in [0.1, 0.15) is 0 Å². The van der Waals surface area contributed by atoms with Gasteiger partial charge in [-0.05, 0) is 108 Å². The van der Waals surface area contributed by atoms with E-state index in [4.69, 9.17) is 0 Å². The molecule has 0 unspecified atom stereocenters. The molecule has 0 radical (unpaired) electrons. The second-order valence-electron chi connectivity index (χ2n) is 15.8. The first kappa shape index (κ1) is 31.5. The summed E-state index contributed by atoms with van der Waals surface area (Å²) in [7, 11) is 0. The maximum absolute atomic E-state index is 2.49. The number of hydrogen-bond donors (Lipinski definition) is 0. The number of benzene rings is 8. The highest BCUT2D eigenvalue weighted by Crippen LogP contribution is 2.54. The molecular weight excluding hydrogens is 639 g/mol. The Bertz CT molecular complexity index is 2720. The minimum Gasteiger partial charge on any atom is -0.310 e. The van der Waals surface area contributed by atoms with Crippen LogP contribution < -0.4 is 4.90 Å². The lowest BCUT2D eigenvalue weighted by atomic mass is 9.82. The summed E-state index contributed by atoms with van der Waals surface area (Å²) in [5.41, 5.74) is 19.0. The Morgan fingerprint density at radius 2 is 0.943 bits per heavy atom. The Morgan fingerprint density at radius 3 is 1.70 bits per heavy atom. The average molecular weight is 680 g/mol. The Balaban J connectivity index is 1.22. The molecule has 0 saturated heterocycles. The SMILES string of the molecule is CC1(C)c2ccccc2-c2ccc(N(c3ccc4c5c(ccc4c3)C(C)(C)c3ccccc3-5)c3ccc(-c4ccccc4)cc3-c3ccccc3)cc21. The topological polar surface area (TPSA) is 3.24 Å². The summed E-state index contributed by atoms with van der Waals surface area (Å²) in [6, 6.07) is 65.3. The van der Waals surface area contributed by atoms with Crippen molar-refractivity contribution in [2.75, 3.05) is 4.90 Å². The van der Waals surface area contributed by atoms with E-state index in [-0.39, 0.29) is 10.8 Å². The highest BCUT2D eigenvalue weighted by Gasteiger charge is 2.37. The molecule has 0 N–H and O–H groups in total. The van der Waals surface area contributed by atoms with E-state index in [1.165, 1.54) is 77.5 Å². The van der Waals surface area contributed by atoms with Crippen molar-refractivity contribution >= 4 is 27.8 Å². The Morgan fingerprint density at radius 1 is 0.358 bits per heavy atom. The minimum absolute atomic E-state index is 0.0370. The third kappa shape index (κ3) is 4.77. The fraction of sp³-hybridized carbons (Fsp3) is 0.115. The first-order valence-corrected chi connectivity index (χ1v) is 18.8. The van der Waals surface area contributed by atoms with E-state index in [2.05, 4.69) is 209 Å². The maximum atomic E-state index is 2.49.